The minimum atomic E-state index is -0.787. The van der Waals surface area contributed by atoms with E-state index < -0.39 is 16.7 Å². The van der Waals surface area contributed by atoms with Crippen molar-refractivity contribution in [3.8, 4) is 17.2 Å². The maximum Gasteiger partial charge on any atom is 0.349 e. The van der Waals surface area contributed by atoms with Crippen LogP contribution in [0.5, 0.6) is 11.5 Å². The van der Waals surface area contributed by atoms with Gasteiger partial charge in [0.15, 0.2) is 5.75 Å². The lowest BCUT2D eigenvalue weighted by atomic mass is 9.59. The lowest BCUT2D eigenvalue weighted by molar-refractivity contribution is -0.127. The molecule has 1 aliphatic rings. The van der Waals surface area contributed by atoms with Gasteiger partial charge in [0, 0.05) is 6.42 Å². The Labute approximate surface area is 205 Å². The van der Waals surface area contributed by atoms with Crippen LogP contribution in [0, 0.1) is 13.8 Å². The summed E-state index contributed by atoms with van der Waals surface area (Å²) in [7, 11) is 0. The Kier molecular flexibility index (Phi) is 6.31. The second-order valence-corrected chi connectivity index (χ2v) is 9.30. The summed E-state index contributed by atoms with van der Waals surface area (Å²) in [5, 5.41) is 4.05. The molecule has 178 valence electrons. The van der Waals surface area contributed by atoms with Gasteiger partial charge in [-0.25, -0.2) is 4.79 Å². The molecule has 0 saturated heterocycles. The number of carbonyl (C=O) groups excluding carboxylic acids is 1. The quantitative estimate of drug-likeness (QED) is 0.507. The molecular formula is C24H24Cl2N4O4. The Morgan fingerprint density at radius 3 is 2.41 bits per heavy atom. The lowest BCUT2D eigenvalue weighted by Crippen LogP contribution is -2.43. The number of H-pyrrole nitrogens is 1. The van der Waals surface area contributed by atoms with Gasteiger partial charge in [0.25, 0.3) is 5.56 Å². The van der Waals surface area contributed by atoms with Crippen molar-refractivity contribution >= 4 is 34.8 Å². The van der Waals surface area contributed by atoms with E-state index in [9.17, 15) is 14.4 Å². The van der Waals surface area contributed by atoms with Crippen LogP contribution in [0.4, 0.5) is 5.82 Å². The molecule has 2 aromatic carbocycles. The molecule has 8 nitrogen and oxygen atoms in total. The summed E-state index contributed by atoms with van der Waals surface area (Å²) in [6, 6.07) is 6.64. The van der Waals surface area contributed by atoms with E-state index in [2.05, 4.69) is 10.1 Å². The van der Waals surface area contributed by atoms with E-state index >= 15 is 0 Å². The summed E-state index contributed by atoms with van der Waals surface area (Å²) in [6.45, 7) is 5.83. The van der Waals surface area contributed by atoms with Gasteiger partial charge in [-0.1, -0.05) is 42.6 Å². The molecule has 0 spiro atoms. The van der Waals surface area contributed by atoms with Crippen LogP contribution in [-0.2, 0) is 10.2 Å². The number of hydrogen-bond donors (Lipinski definition) is 2. The second kappa shape index (κ2) is 8.92. The van der Waals surface area contributed by atoms with Crippen molar-refractivity contribution < 1.29 is 9.53 Å². The number of aryl methyl sites for hydroxylation is 1. The molecule has 1 heterocycles. The van der Waals surface area contributed by atoms with Gasteiger partial charge < -0.3 is 10.5 Å². The molecule has 0 aliphatic heterocycles. The number of carbonyl (C=O) groups is 1. The fourth-order valence-electron chi connectivity index (χ4n) is 4.68. The van der Waals surface area contributed by atoms with Crippen molar-refractivity contribution in [2.24, 2.45) is 0 Å². The highest BCUT2D eigenvalue weighted by molar-refractivity contribution is 6.37. The summed E-state index contributed by atoms with van der Waals surface area (Å²) in [5.74, 6) is 0.595. The Hall–Kier alpha value is -3.10. The molecular weight excluding hydrogens is 479 g/mol. The normalized spacial score (nSPS) is 14.5. The number of hydrogen-bond acceptors (Lipinski definition) is 6. The van der Waals surface area contributed by atoms with Crippen molar-refractivity contribution in [1.29, 1.82) is 0 Å². The highest BCUT2D eigenvalue weighted by atomic mass is 35.5. The van der Waals surface area contributed by atoms with E-state index in [1.165, 1.54) is 12.1 Å². The number of rotatable bonds is 6. The minimum Gasteiger partial charge on any atom is -0.454 e. The first-order valence-electron chi connectivity index (χ1n) is 10.9. The van der Waals surface area contributed by atoms with E-state index in [1.807, 2.05) is 32.9 Å². The van der Waals surface area contributed by atoms with E-state index in [0.29, 0.717) is 12.2 Å². The number of nitrogens with two attached hydrogens (primary N) is 1. The smallest absolute Gasteiger partial charge is 0.349 e. The topological polar surface area (TPSA) is 120 Å². The summed E-state index contributed by atoms with van der Waals surface area (Å²) < 4.78 is 7.04. The fraction of sp³-hybridized carbons (Fsp3) is 0.333. The fourth-order valence-corrected chi connectivity index (χ4v) is 5.23. The monoisotopic (exact) mass is 502 g/mol. The molecule has 0 unspecified atom stereocenters. The minimum absolute atomic E-state index is 0.130. The highest BCUT2D eigenvalue weighted by Gasteiger charge is 2.46. The van der Waals surface area contributed by atoms with Crippen LogP contribution in [0.2, 0.25) is 10.0 Å². The van der Waals surface area contributed by atoms with Gasteiger partial charge in [-0.3, -0.25) is 14.6 Å². The van der Waals surface area contributed by atoms with E-state index in [1.54, 1.807) is 0 Å². The number of benzene rings is 2. The SMILES string of the molecule is CCC(=O)C1(c2c(C)ccc(Oc3c(Cl)cc(-n4nc(N)c(=O)[nH]c4=O)cc3Cl)c2C)CCC1. The third-order valence-electron chi connectivity index (χ3n) is 6.46. The molecule has 10 heteroatoms. The van der Waals surface area contributed by atoms with Gasteiger partial charge in [0.1, 0.15) is 11.5 Å². The van der Waals surface area contributed by atoms with Gasteiger partial charge >= 0.3 is 5.69 Å². The number of Topliss-reactive ketones (excluding diaryl/α,β-unsaturated/α-hetero) is 1. The van der Waals surface area contributed by atoms with Crippen LogP contribution in [0.25, 0.3) is 5.69 Å². The third-order valence-corrected chi connectivity index (χ3v) is 7.02. The van der Waals surface area contributed by atoms with Gasteiger partial charge in [-0.15, -0.1) is 5.10 Å². The number of ether oxygens (including phenoxy) is 1. The molecule has 0 amide bonds. The summed E-state index contributed by atoms with van der Waals surface area (Å²) in [4.78, 5) is 38.6. The molecule has 4 rings (SSSR count). The number of aromatic nitrogens is 3. The molecule has 3 aromatic rings. The number of halogens is 2. The Morgan fingerprint density at radius 2 is 1.85 bits per heavy atom. The Morgan fingerprint density at radius 1 is 1.21 bits per heavy atom. The predicted molar refractivity (Wildman–Crippen MR) is 132 cm³/mol. The molecule has 0 bridgehead atoms. The van der Waals surface area contributed by atoms with Crippen LogP contribution < -0.4 is 21.7 Å². The maximum absolute atomic E-state index is 12.9. The lowest BCUT2D eigenvalue weighted by Gasteiger charge is -2.43. The molecule has 34 heavy (non-hydrogen) atoms. The third kappa shape index (κ3) is 3.91. The van der Waals surface area contributed by atoms with Crippen LogP contribution >= 0.6 is 23.2 Å². The maximum atomic E-state index is 12.9. The van der Waals surface area contributed by atoms with Gasteiger partial charge in [0.05, 0.1) is 21.1 Å². The molecule has 0 radical (unpaired) electrons. The van der Waals surface area contributed by atoms with Crippen LogP contribution in [-0.4, -0.2) is 20.5 Å². The van der Waals surface area contributed by atoms with Gasteiger partial charge in [0.2, 0.25) is 5.82 Å². The number of nitrogens with one attached hydrogen (secondary N) is 1. The standard InChI is InChI=1S/C24H24Cl2N4O4/c1-4-18(31)24(8-5-9-24)19-12(2)6-7-17(13(19)3)34-20-15(25)10-14(11-16(20)26)30-23(33)28-22(32)21(27)29-30/h6-7,10-11H,4-5,8-9H2,1-3H3,(H2,27,29)(H,28,32,33). The molecule has 1 saturated carbocycles. The second-order valence-electron chi connectivity index (χ2n) is 8.49. The van der Waals surface area contributed by atoms with Crippen molar-refractivity contribution in [2.75, 3.05) is 5.73 Å². The number of ketones is 1. The summed E-state index contributed by atoms with van der Waals surface area (Å²) in [5.41, 5.74) is 6.61. The van der Waals surface area contributed by atoms with Crippen LogP contribution in [0.3, 0.4) is 0 Å². The molecule has 1 fully saturated rings. The first kappa shape index (κ1) is 24.0. The van der Waals surface area contributed by atoms with Crippen molar-refractivity contribution in [3.63, 3.8) is 0 Å². The average Bonchev–Trinajstić information content (AvgIpc) is 2.75. The van der Waals surface area contributed by atoms with Crippen LogP contribution in [0.15, 0.2) is 33.9 Å². The predicted octanol–water partition coefficient (Wildman–Crippen LogP) is 4.62. The zero-order chi connectivity index (χ0) is 24.8. The van der Waals surface area contributed by atoms with Crippen molar-refractivity contribution in [2.45, 2.75) is 51.9 Å². The zero-order valence-electron chi connectivity index (χ0n) is 19.0. The van der Waals surface area contributed by atoms with Gasteiger partial charge in [-0.2, -0.15) is 4.68 Å². The van der Waals surface area contributed by atoms with Gasteiger partial charge in [-0.05, 0) is 61.6 Å². The van der Waals surface area contributed by atoms with Crippen molar-refractivity contribution in [1.82, 2.24) is 14.8 Å². The molecule has 3 N–H and O–H groups in total. The highest BCUT2D eigenvalue weighted by Crippen LogP contribution is 2.50. The number of anilines is 1. The average molecular weight is 503 g/mol. The number of aromatic amines is 1. The zero-order valence-corrected chi connectivity index (χ0v) is 20.5. The van der Waals surface area contributed by atoms with E-state index in [-0.39, 0.29) is 33.1 Å². The molecule has 1 aliphatic carbocycles. The molecule has 1 aromatic heterocycles. The summed E-state index contributed by atoms with van der Waals surface area (Å²) in [6.07, 6.45) is 3.14. The first-order chi connectivity index (χ1) is 16.1. The summed E-state index contributed by atoms with van der Waals surface area (Å²) >= 11 is 12.9. The number of nitrogen functional groups attached to an aromatic ring is 1. The van der Waals surface area contributed by atoms with E-state index in [4.69, 9.17) is 33.7 Å². The van der Waals surface area contributed by atoms with Crippen LogP contribution in [0.1, 0.15) is 49.3 Å². The largest absolute Gasteiger partial charge is 0.454 e. The molecule has 0 atom stereocenters. The van der Waals surface area contributed by atoms with Crippen molar-refractivity contribution in [3.05, 3.63) is 71.8 Å². The first-order valence-corrected chi connectivity index (χ1v) is 11.6. The Balaban J connectivity index is 1.76. The number of nitrogens with zero attached hydrogens (tertiary/aromatic N) is 2. The Bertz CT molecular complexity index is 1400. The van der Waals surface area contributed by atoms with E-state index in [0.717, 1.165) is 40.6 Å².